The van der Waals surface area contributed by atoms with E-state index in [0.717, 1.165) is 0 Å². The quantitative estimate of drug-likeness (QED) is 0.337. The molecule has 2 aromatic carbocycles. The smallest absolute Gasteiger partial charge is 0.258 e. The average Bonchev–Trinajstić information content (AvgIpc) is 2.80. The number of nitrogens with zero attached hydrogens (tertiary/aromatic N) is 2. The first-order valence-corrected chi connectivity index (χ1v) is 10.0. The van der Waals surface area contributed by atoms with E-state index in [-0.39, 0.29) is 17.9 Å². The summed E-state index contributed by atoms with van der Waals surface area (Å²) in [5, 5.41) is 23.3. The Hall–Kier alpha value is -3.75. The van der Waals surface area contributed by atoms with Crippen LogP contribution in [-0.4, -0.2) is 46.7 Å². The molecule has 0 aliphatic rings. The van der Waals surface area contributed by atoms with Gasteiger partial charge in [0.1, 0.15) is 11.7 Å². The molecule has 0 fully saturated rings. The first-order chi connectivity index (χ1) is 15.3. The zero-order chi connectivity index (χ0) is 23.3. The average molecular weight is 452 g/mol. The van der Waals surface area contributed by atoms with Crippen molar-refractivity contribution in [2.75, 3.05) is 24.7 Å². The Morgan fingerprint density at radius 1 is 1.00 bits per heavy atom. The van der Waals surface area contributed by atoms with Gasteiger partial charge in [-0.15, -0.1) is 0 Å². The zero-order valence-electron chi connectivity index (χ0n) is 17.5. The predicted molar refractivity (Wildman–Crippen MR) is 124 cm³/mol. The number of carbonyl (C=O) groups is 2. The summed E-state index contributed by atoms with van der Waals surface area (Å²) >= 11 is 5.82. The molecule has 0 spiro atoms. The van der Waals surface area contributed by atoms with Crippen LogP contribution in [0.5, 0.6) is 0 Å². The number of benzene rings is 2. The number of carbonyl (C=O) groups excluding carboxylic acids is 2. The minimum Gasteiger partial charge on any atom is -0.392 e. The lowest BCUT2D eigenvalue weighted by molar-refractivity contribution is 0.102. The summed E-state index contributed by atoms with van der Waals surface area (Å²) in [5.41, 5.74) is 2.02. The third kappa shape index (κ3) is 5.48. The lowest BCUT2D eigenvalue weighted by Gasteiger charge is -2.15. The number of pyridine rings is 1. The highest BCUT2D eigenvalue weighted by Crippen LogP contribution is 2.21. The van der Waals surface area contributed by atoms with Crippen LogP contribution in [0.1, 0.15) is 31.8 Å². The molecule has 3 aromatic rings. The molecule has 32 heavy (non-hydrogen) atoms. The number of aromatic nitrogens is 1. The Bertz CT molecular complexity index is 1150. The van der Waals surface area contributed by atoms with E-state index < -0.39 is 11.8 Å². The summed E-state index contributed by atoms with van der Waals surface area (Å²) in [6, 6.07) is 14.4. The fourth-order valence-corrected chi connectivity index (χ4v) is 2.96. The second kappa shape index (κ2) is 10.0. The number of amides is 2. The van der Waals surface area contributed by atoms with E-state index in [1.165, 1.54) is 12.3 Å². The number of rotatable bonds is 6. The van der Waals surface area contributed by atoms with E-state index in [9.17, 15) is 14.7 Å². The van der Waals surface area contributed by atoms with Gasteiger partial charge in [0.05, 0.1) is 22.9 Å². The van der Waals surface area contributed by atoms with Gasteiger partial charge in [0, 0.05) is 31.4 Å². The first kappa shape index (κ1) is 22.9. The number of aliphatic hydroxyl groups is 1. The standard InChI is InChI=1S/C23H22ClN5O3/c1-29(2)21(25)15-4-6-16(7-5-15)22(31)27-19-9-3-14(13-30)11-18(19)23(32)28-20-10-8-17(24)12-26-20/h3-12,25,30H,13H2,1-2H3,(H,27,31)(H,26,28,32). The molecule has 2 amide bonds. The first-order valence-electron chi connectivity index (χ1n) is 9.63. The van der Waals surface area contributed by atoms with Gasteiger partial charge in [-0.25, -0.2) is 4.98 Å². The maximum Gasteiger partial charge on any atom is 0.258 e. The molecule has 8 nitrogen and oxygen atoms in total. The van der Waals surface area contributed by atoms with E-state index in [0.29, 0.717) is 33.4 Å². The van der Waals surface area contributed by atoms with Crippen molar-refractivity contribution in [3.05, 3.63) is 88.1 Å². The zero-order valence-corrected chi connectivity index (χ0v) is 18.3. The summed E-state index contributed by atoms with van der Waals surface area (Å²) in [7, 11) is 3.54. The van der Waals surface area contributed by atoms with Crippen molar-refractivity contribution in [2.24, 2.45) is 0 Å². The number of amidine groups is 1. The van der Waals surface area contributed by atoms with Gasteiger partial charge in [0.2, 0.25) is 0 Å². The minimum absolute atomic E-state index is 0.174. The maximum atomic E-state index is 12.8. The lowest BCUT2D eigenvalue weighted by Crippen LogP contribution is -2.22. The molecule has 0 unspecified atom stereocenters. The molecule has 0 saturated carbocycles. The molecule has 164 valence electrons. The van der Waals surface area contributed by atoms with Gasteiger partial charge >= 0.3 is 0 Å². The van der Waals surface area contributed by atoms with Crippen LogP contribution in [0.2, 0.25) is 5.02 Å². The van der Waals surface area contributed by atoms with Crippen molar-refractivity contribution < 1.29 is 14.7 Å². The van der Waals surface area contributed by atoms with Crippen molar-refractivity contribution in [1.82, 2.24) is 9.88 Å². The van der Waals surface area contributed by atoms with Gasteiger partial charge in [-0.2, -0.15) is 0 Å². The number of halogens is 1. The van der Waals surface area contributed by atoms with Crippen molar-refractivity contribution in [2.45, 2.75) is 6.61 Å². The Labute approximate surface area is 190 Å². The highest BCUT2D eigenvalue weighted by molar-refractivity contribution is 6.30. The monoisotopic (exact) mass is 451 g/mol. The van der Waals surface area contributed by atoms with Crippen molar-refractivity contribution in [3.8, 4) is 0 Å². The SMILES string of the molecule is CN(C)C(=N)c1ccc(C(=O)Nc2ccc(CO)cc2C(=O)Nc2ccc(Cl)cn2)cc1. The number of nitrogens with one attached hydrogen (secondary N) is 3. The van der Waals surface area contributed by atoms with Gasteiger partial charge in [0.15, 0.2) is 0 Å². The summed E-state index contributed by atoms with van der Waals surface area (Å²) in [5.74, 6) is -0.292. The molecule has 9 heteroatoms. The molecule has 0 aliphatic carbocycles. The van der Waals surface area contributed by atoms with Gasteiger partial charge in [-0.1, -0.05) is 29.8 Å². The van der Waals surface area contributed by atoms with Crippen LogP contribution in [0, 0.1) is 5.41 Å². The summed E-state index contributed by atoms with van der Waals surface area (Å²) in [4.78, 5) is 31.3. The molecule has 1 aromatic heterocycles. The minimum atomic E-state index is -0.500. The largest absolute Gasteiger partial charge is 0.392 e. The molecule has 1 heterocycles. The molecule has 3 rings (SSSR count). The van der Waals surface area contributed by atoms with Crippen molar-refractivity contribution in [1.29, 1.82) is 5.41 Å². The topological polar surface area (TPSA) is 118 Å². The molecule has 0 bridgehead atoms. The normalized spacial score (nSPS) is 10.4. The lowest BCUT2D eigenvalue weighted by atomic mass is 10.1. The van der Waals surface area contributed by atoms with Crippen molar-refractivity contribution in [3.63, 3.8) is 0 Å². The second-order valence-corrected chi connectivity index (χ2v) is 7.56. The van der Waals surface area contributed by atoms with Crippen LogP contribution >= 0.6 is 11.6 Å². The number of anilines is 2. The highest BCUT2D eigenvalue weighted by Gasteiger charge is 2.16. The molecule has 0 radical (unpaired) electrons. The van der Waals surface area contributed by atoms with Crippen LogP contribution in [-0.2, 0) is 6.61 Å². The third-order valence-electron chi connectivity index (χ3n) is 4.60. The molecule has 0 atom stereocenters. The van der Waals surface area contributed by atoms with Gasteiger partial charge in [-0.3, -0.25) is 15.0 Å². The Kier molecular flexibility index (Phi) is 7.19. The molecule has 0 saturated heterocycles. The molecule has 0 aliphatic heterocycles. The summed E-state index contributed by atoms with van der Waals surface area (Å²) in [6.07, 6.45) is 1.41. The van der Waals surface area contributed by atoms with E-state index in [1.54, 1.807) is 67.5 Å². The summed E-state index contributed by atoms with van der Waals surface area (Å²) in [6.45, 7) is -0.257. The van der Waals surface area contributed by atoms with Gasteiger partial charge in [-0.05, 0) is 42.0 Å². The number of hydrogen-bond acceptors (Lipinski definition) is 5. The maximum absolute atomic E-state index is 12.8. The number of aliphatic hydroxyl groups excluding tert-OH is 1. The third-order valence-corrected chi connectivity index (χ3v) is 4.82. The fourth-order valence-electron chi connectivity index (χ4n) is 2.85. The van der Waals surface area contributed by atoms with Crippen LogP contribution in [0.15, 0.2) is 60.8 Å². The van der Waals surface area contributed by atoms with E-state index in [4.69, 9.17) is 17.0 Å². The van der Waals surface area contributed by atoms with Gasteiger partial charge < -0.3 is 20.6 Å². The van der Waals surface area contributed by atoms with Crippen molar-refractivity contribution >= 4 is 40.8 Å². The van der Waals surface area contributed by atoms with E-state index >= 15 is 0 Å². The van der Waals surface area contributed by atoms with Crippen LogP contribution in [0.3, 0.4) is 0 Å². The number of hydrogen-bond donors (Lipinski definition) is 4. The highest BCUT2D eigenvalue weighted by atomic mass is 35.5. The Balaban J connectivity index is 1.82. The Morgan fingerprint density at radius 2 is 1.69 bits per heavy atom. The van der Waals surface area contributed by atoms with Gasteiger partial charge in [0.25, 0.3) is 11.8 Å². The molecular weight excluding hydrogens is 430 g/mol. The molecular formula is C23H22ClN5O3. The second-order valence-electron chi connectivity index (χ2n) is 7.13. The van der Waals surface area contributed by atoms with E-state index in [1.807, 2.05) is 0 Å². The van der Waals surface area contributed by atoms with Crippen LogP contribution in [0.4, 0.5) is 11.5 Å². The van der Waals surface area contributed by atoms with E-state index in [2.05, 4.69) is 15.6 Å². The predicted octanol–water partition coefficient (Wildman–Crippen LogP) is 3.62. The summed E-state index contributed by atoms with van der Waals surface area (Å²) < 4.78 is 0. The fraction of sp³-hybridized carbons (Fsp3) is 0.130. The van der Waals surface area contributed by atoms with Crippen LogP contribution < -0.4 is 10.6 Å². The van der Waals surface area contributed by atoms with Crippen LogP contribution in [0.25, 0.3) is 0 Å². The molecule has 4 N–H and O–H groups in total. The Morgan fingerprint density at radius 3 is 2.28 bits per heavy atom.